The van der Waals surface area contributed by atoms with Crippen molar-refractivity contribution in [2.24, 2.45) is 0 Å². The first-order valence-corrected chi connectivity index (χ1v) is 7.08. The van der Waals surface area contributed by atoms with Gasteiger partial charge in [-0.2, -0.15) is 22.7 Å². The van der Waals surface area contributed by atoms with Crippen LogP contribution in [0.5, 0.6) is 0 Å². The number of nitriles is 1. The summed E-state index contributed by atoms with van der Waals surface area (Å²) < 4.78 is 62.2. The van der Waals surface area contributed by atoms with Crippen molar-refractivity contribution >= 4 is 10.0 Å². The molecule has 1 aromatic rings. The first-order chi connectivity index (χ1) is 9.22. The Kier molecular flexibility index (Phi) is 5.08. The van der Waals surface area contributed by atoms with Gasteiger partial charge in [0.05, 0.1) is 0 Å². The predicted molar refractivity (Wildman–Crippen MR) is 64.1 cm³/mol. The van der Waals surface area contributed by atoms with E-state index in [1.807, 2.05) is 0 Å². The molecule has 0 saturated carbocycles. The Morgan fingerprint density at radius 2 is 2.10 bits per heavy atom. The summed E-state index contributed by atoms with van der Waals surface area (Å²) in [7, 11) is -4.41. The van der Waals surface area contributed by atoms with E-state index in [-0.39, 0.29) is 13.0 Å². The molecule has 0 aliphatic rings. The molecule has 0 unspecified atom stereocenters. The molecule has 5 nitrogen and oxygen atoms in total. The average Bonchev–Trinajstić information content (AvgIpc) is 2.36. The Bertz CT molecular complexity index is 608. The van der Waals surface area contributed by atoms with Crippen molar-refractivity contribution in [3.8, 4) is 6.07 Å². The molecule has 20 heavy (non-hydrogen) atoms. The fourth-order valence-electron chi connectivity index (χ4n) is 1.56. The number of aromatic nitrogens is 1. The zero-order valence-electron chi connectivity index (χ0n) is 10.6. The summed E-state index contributed by atoms with van der Waals surface area (Å²) in [6.07, 6.45) is -3.24. The Morgan fingerprint density at radius 3 is 2.60 bits per heavy atom. The fraction of sp³-hybridized carbons (Fsp3) is 0.455. The maximum Gasteiger partial charge on any atom is 0.402 e. The molecular formula is C11H12F3N3O2S. The topological polar surface area (TPSA) is 74.1 Å². The van der Waals surface area contributed by atoms with Crippen LogP contribution in [0, 0.1) is 11.3 Å². The summed E-state index contributed by atoms with van der Waals surface area (Å²) in [5, 5.41) is 8.81. The van der Waals surface area contributed by atoms with E-state index in [4.69, 9.17) is 5.26 Å². The number of pyridine rings is 1. The van der Waals surface area contributed by atoms with Gasteiger partial charge in [-0.3, -0.25) is 0 Å². The van der Waals surface area contributed by atoms with Gasteiger partial charge in [0.15, 0.2) is 5.69 Å². The van der Waals surface area contributed by atoms with Crippen molar-refractivity contribution in [3.63, 3.8) is 0 Å². The van der Waals surface area contributed by atoms with Crippen LogP contribution in [-0.4, -0.2) is 37.0 Å². The molecule has 0 aromatic carbocycles. The van der Waals surface area contributed by atoms with Gasteiger partial charge >= 0.3 is 6.18 Å². The maximum atomic E-state index is 12.5. The molecular weight excluding hydrogens is 295 g/mol. The van der Waals surface area contributed by atoms with Gasteiger partial charge in [0.25, 0.3) is 0 Å². The van der Waals surface area contributed by atoms with Crippen LogP contribution >= 0.6 is 0 Å². The molecule has 1 aromatic heterocycles. The second-order valence-corrected chi connectivity index (χ2v) is 5.82. The lowest BCUT2D eigenvalue weighted by Gasteiger charge is -2.23. The zero-order valence-corrected chi connectivity index (χ0v) is 11.4. The van der Waals surface area contributed by atoms with Crippen LogP contribution in [0.2, 0.25) is 0 Å². The number of sulfonamides is 1. The summed E-state index contributed by atoms with van der Waals surface area (Å²) in [6.45, 7) is -0.322. The molecule has 1 rings (SSSR count). The molecule has 9 heteroatoms. The molecule has 0 fully saturated rings. The quantitative estimate of drug-likeness (QED) is 0.833. The summed E-state index contributed by atoms with van der Waals surface area (Å²) in [5.41, 5.74) is -0.421. The standard InChI is InChI=1S/C11H12F3N3O2S/c1-2-6-17(8-11(12,13)14)20(18,19)10-4-3-5-16-9(10)7-15/h3-5H,2,6,8H2,1H3. The smallest absolute Gasteiger partial charge is 0.244 e. The van der Waals surface area contributed by atoms with E-state index < -0.39 is 33.3 Å². The molecule has 0 aliphatic carbocycles. The Morgan fingerprint density at radius 1 is 1.45 bits per heavy atom. The van der Waals surface area contributed by atoms with Crippen molar-refractivity contribution in [2.75, 3.05) is 13.1 Å². The monoisotopic (exact) mass is 307 g/mol. The molecule has 1 heterocycles. The zero-order chi connectivity index (χ0) is 15.4. The predicted octanol–water partition coefficient (Wildman–Crippen LogP) is 1.92. The highest BCUT2D eigenvalue weighted by Crippen LogP contribution is 2.24. The van der Waals surface area contributed by atoms with Gasteiger partial charge in [0.1, 0.15) is 17.5 Å². The summed E-state index contributed by atoms with van der Waals surface area (Å²) in [5.74, 6) is 0. The number of halogens is 3. The second-order valence-electron chi connectivity index (χ2n) is 3.92. The van der Waals surface area contributed by atoms with E-state index in [0.29, 0.717) is 4.31 Å². The molecule has 0 bridgehead atoms. The van der Waals surface area contributed by atoms with E-state index in [9.17, 15) is 21.6 Å². The molecule has 0 N–H and O–H groups in total. The van der Waals surface area contributed by atoms with Crippen LogP contribution in [0.1, 0.15) is 19.0 Å². The van der Waals surface area contributed by atoms with E-state index >= 15 is 0 Å². The van der Waals surface area contributed by atoms with Crippen molar-refractivity contribution < 1.29 is 21.6 Å². The minimum Gasteiger partial charge on any atom is -0.244 e. The van der Waals surface area contributed by atoms with Crippen molar-refractivity contribution in [1.82, 2.24) is 9.29 Å². The van der Waals surface area contributed by atoms with Gasteiger partial charge in [-0.25, -0.2) is 13.4 Å². The molecule has 0 spiro atoms. The molecule has 0 saturated heterocycles. The number of alkyl halides is 3. The first kappa shape index (κ1) is 16.4. The van der Waals surface area contributed by atoms with E-state index in [2.05, 4.69) is 4.98 Å². The molecule has 110 valence electrons. The minimum absolute atomic E-state index is 0.220. The van der Waals surface area contributed by atoms with Crippen LogP contribution in [-0.2, 0) is 10.0 Å². The Labute approximate surface area is 114 Å². The van der Waals surface area contributed by atoms with Gasteiger partial charge in [-0.1, -0.05) is 6.92 Å². The van der Waals surface area contributed by atoms with Gasteiger partial charge in [-0.15, -0.1) is 0 Å². The van der Waals surface area contributed by atoms with Crippen LogP contribution in [0.25, 0.3) is 0 Å². The lowest BCUT2D eigenvalue weighted by Crippen LogP contribution is -2.39. The van der Waals surface area contributed by atoms with Crippen LogP contribution in [0.4, 0.5) is 13.2 Å². The van der Waals surface area contributed by atoms with Gasteiger partial charge in [-0.05, 0) is 18.6 Å². The van der Waals surface area contributed by atoms with Gasteiger partial charge < -0.3 is 0 Å². The van der Waals surface area contributed by atoms with E-state index in [1.165, 1.54) is 12.3 Å². The lowest BCUT2D eigenvalue weighted by molar-refractivity contribution is -0.136. The third kappa shape index (κ3) is 3.91. The highest BCUT2D eigenvalue weighted by molar-refractivity contribution is 7.89. The first-order valence-electron chi connectivity index (χ1n) is 5.64. The number of hydrogen-bond acceptors (Lipinski definition) is 4. The second kappa shape index (κ2) is 6.19. The fourth-order valence-corrected chi connectivity index (χ4v) is 3.17. The number of nitrogens with zero attached hydrogens (tertiary/aromatic N) is 3. The molecule has 0 aliphatic heterocycles. The lowest BCUT2D eigenvalue weighted by atomic mass is 10.4. The average molecular weight is 307 g/mol. The number of hydrogen-bond donors (Lipinski definition) is 0. The Balaban J connectivity index is 3.27. The third-order valence-electron chi connectivity index (χ3n) is 2.32. The normalized spacial score (nSPS) is 12.4. The van der Waals surface area contributed by atoms with Crippen molar-refractivity contribution in [3.05, 3.63) is 24.0 Å². The van der Waals surface area contributed by atoms with Crippen LogP contribution in [0.15, 0.2) is 23.2 Å². The molecule has 0 radical (unpaired) electrons. The third-order valence-corrected chi connectivity index (χ3v) is 4.20. The van der Waals surface area contributed by atoms with Crippen LogP contribution in [0.3, 0.4) is 0 Å². The summed E-state index contributed by atoms with van der Waals surface area (Å²) in [4.78, 5) is 3.04. The SMILES string of the molecule is CCCN(CC(F)(F)F)S(=O)(=O)c1cccnc1C#N. The van der Waals surface area contributed by atoms with Crippen LogP contribution < -0.4 is 0 Å². The van der Waals surface area contributed by atoms with Crippen molar-refractivity contribution in [2.45, 2.75) is 24.4 Å². The highest BCUT2D eigenvalue weighted by atomic mass is 32.2. The summed E-state index contributed by atoms with van der Waals surface area (Å²) in [6, 6.07) is 3.89. The molecule has 0 amide bonds. The maximum absolute atomic E-state index is 12.5. The Hall–Kier alpha value is -1.66. The largest absolute Gasteiger partial charge is 0.402 e. The molecule has 0 atom stereocenters. The minimum atomic E-state index is -4.66. The van der Waals surface area contributed by atoms with Crippen molar-refractivity contribution in [1.29, 1.82) is 5.26 Å². The van der Waals surface area contributed by atoms with Gasteiger partial charge in [0.2, 0.25) is 10.0 Å². The summed E-state index contributed by atoms with van der Waals surface area (Å²) >= 11 is 0. The number of rotatable bonds is 5. The van der Waals surface area contributed by atoms with Gasteiger partial charge in [0, 0.05) is 12.7 Å². The van der Waals surface area contributed by atoms with E-state index in [1.54, 1.807) is 13.0 Å². The van der Waals surface area contributed by atoms with E-state index in [0.717, 1.165) is 6.07 Å². The highest BCUT2D eigenvalue weighted by Gasteiger charge is 2.37.